The third kappa shape index (κ3) is 3.63. The fourth-order valence-corrected chi connectivity index (χ4v) is 1.75. The third-order valence-electron chi connectivity index (χ3n) is 2.47. The summed E-state index contributed by atoms with van der Waals surface area (Å²) in [5.41, 5.74) is -1.38. The normalized spacial score (nSPS) is 10.9. The Morgan fingerprint density at radius 1 is 1.63 bits per heavy atom. The molecule has 1 aromatic heterocycles. The molecule has 7 nitrogen and oxygen atoms in total. The van der Waals surface area contributed by atoms with E-state index >= 15 is 0 Å². The average molecular weight is 264 g/mol. The molecule has 0 bridgehead atoms. The Labute approximate surface area is 111 Å². The first-order chi connectivity index (χ1) is 8.80. The maximum Gasteiger partial charge on any atom is 0.329 e. The summed E-state index contributed by atoms with van der Waals surface area (Å²) in [5.74, 6) is 0.105. The van der Waals surface area contributed by atoms with Crippen molar-refractivity contribution in [1.82, 2.24) is 4.98 Å². The van der Waals surface area contributed by atoms with E-state index in [4.69, 9.17) is 5.26 Å². The summed E-state index contributed by atoms with van der Waals surface area (Å²) in [5, 5.41) is 29.9. The summed E-state index contributed by atoms with van der Waals surface area (Å²) in [6.45, 7) is 5.64. The lowest BCUT2D eigenvalue weighted by atomic mass is 10.1. The molecular weight excluding hydrogens is 248 g/mol. The highest BCUT2D eigenvalue weighted by Crippen LogP contribution is 2.29. The molecule has 0 saturated heterocycles. The molecule has 0 aliphatic carbocycles. The van der Waals surface area contributed by atoms with Crippen molar-refractivity contribution in [1.29, 1.82) is 5.26 Å². The van der Waals surface area contributed by atoms with Crippen molar-refractivity contribution in [2.45, 2.75) is 26.4 Å². The van der Waals surface area contributed by atoms with Gasteiger partial charge in [-0.15, -0.1) is 0 Å². The van der Waals surface area contributed by atoms with Crippen LogP contribution in [0.4, 0.5) is 11.5 Å². The van der Waals surface area contributed by atoms with Crippen molar-refractivity contribution < 1.29 is 10.0 Å². The number of aromatic nitrogens is 1. The Morgan fingerprint density at radius 3 is 2.68 bits per heavy atom. The topological polar surface area (TPSA) is 103 Å². The minimum Gasteiger partial charge on any atom is -0.389 e. The summed E-state index contributed by atoms with van der Waals surface area (Å²) in [7, 11) is 0. The minimum atomic E-state index is -1.02. The largest absolute Gasteiger partial charge is 0.389 e. The lowest BCUT2D eigenvalue weighted by molar-refractivity contribution is -0.384. The zero-order chi connectivity index (χ0) is 14.6. The van der Waals surface area contributed by atoms with E-state index in [0.29, 0.717) is 6.54 Å². The Kier molecular flexibility index (Phi) is 4.40. The highest BCUT2D eigenvalue weighted by molar-refractivity contribution is 5.65. The van der Waals surface area contributed by atoms with Crippen LogP contribution in [0.1, 0.15) is 26.3 Å². The molecule has 102 valence electrons. The minimum absolute atomic E-state index is 0.0378. The third-order valence-corrected chi connectivity index (χ3v) is 2.47. The second kappa shape index (κ2) is 5.63. The molecule has 0 radical (unpaired) electrons. The molecule has 0 aliphatic heterocycles. The molecule has 0 fully saturated rings. The van der Waals surface area contributed by atoms with Gasteiger partial charge in [-0.1, -0.05) is 0 Å². The van der Waals surface area contributed by atoms with Gasteiger partial charge in [0.2, 0.25) is 5.82 Å². The summed E-state index contributed by atoms with van der Waals surface area (Å²) >= 11 is 0. The zero-order valence-corrected chi connectivity index (χ0v) is 11.1. The molecular formula is C12H16N4O3. The smallest absolute Gasteiger partial charge is 0.329 e. The quantitative estimate of drug-likeness (QED) is 0.637. The standard InChI is InChI=1S/C12H16N4O3/c1-4-15(8-12(2,3)17)11-10(16(18)19)9(7-13)5-6-14-11/h5-6,17H,4,8H2,1-3H3. The highest BCUT2D eigenvalue weighted by atomic mass is 16.6. The monoisotopic (exact) mass is 264 g/mol. The fraction of sp³-hybridized carbons (Fsp3) is 0.500. The van der Waals surface area contributed by atoms with Gasteiger partial charge >= 0.3 is 5.69 Å². The van der Waals surface area contributed by atoms with Crippen LogP contribution in [0.15, 0.2) is 12.3 Å². The lowest BCUT2D eigenvalue weighted by Gasteiger charge is -2.28. The van der Waals surface area contributed by atoms with Gasteiger partial charge in [0.1, 0.15) is 11.6 Å². The van der Waals surface area contributed by atoms with Crippen molar-refractivity contribution in [3.63, 3.8) is 0 Å². The molecule has 7 heteroatoms. The molecule has 1 aromatic rings. The van der Waals surface area contributed by atoms with Gasteiger partial charge < -0.3 is 10.0 Å². The van der Waals surface area contributed by atoms with Gasteiger partial charge in [0, 0.05) is 19.3 Å². The Morgan fingerprint density at radius 2 is 2.26 bits per heavy atom. The van der Waals surface area contributed by atoms with Crippen LogP contribution in [0.3, 0.4) is 0 Å². The van der Waals surface area contributed by atoms with E-state index < -0.39 is 10.5 Å². The van der Waals surface area contributed by atoms with Gasteiger partial charge in [0.25, 0.3) is 0 Å². The van der Waals surface area contributed by atoms with Crippen LogP contribution in [-0.2, 0) is 0 Å². The first-order valence-electron chi connectivity index (χ1n) is 5.81. The molecule has 1 rings (SSSR count). The van der Waals surface area contributed by atoms with Crippen LogP contribution >= 0.6 is 0 Å². The van der Waals surface area contributed by atoms with E-state index in [2.05, 4.69) is 4.98 Å². The van der Waals surface area contributed by atoms with Crippen LogP contribution < -0.4 is 4.90 Å². The number of likely N-dealkylation sites (N-methyl/N-ethyl adjacent to an activating group) is 1. The van der Waals surface area contributed by atoms with Crippen LogP contribution in [0, 0.1) is 21.4 Å². The first kappa shape index (κ1) is 14.9. The second-order valence-corrected chi connectivity index (χ2v) is 4.73. The van der Waals surface area contributed by atoms with Crippen molar-refractivity contribution >= 4 is 11.5 Å². The summed E-state index contributed by atoms with van der Waals surface area (Å²) in [6.07, 6.45) is 1.36. The van der Waals surface area contributed by atoms with E-state index in [-0.39, 0.29) is 23.6 Å². The maximum absolute atomic E-state index is 11.1. The molecule has 0 aliphatic rings. The van der Waals surface area contributed by atoms with Crippen molar-refractivity contribution in [3.05, 3.63) is 27.9 Å². The molecule has 0 unspecified atom stereocenters. The predicted molar refractivity (Wildman–Crippen MR) is 69.8 cm³/mol. The Balaban J connectivity index is 3.32. The van der Waals surface area contributed by atoms with Crippen LogP contribution in [0.25, 0.3) is 0 Å². The number of nitrogens with zero attached hydrogens (tertiary/aromatic N) is 4. The van der Waals surface area contributed by atoms with Crippen LogP contribution in [-0.4, -0.2) is 33.7 Å². The SMILES string of the molecule is CCN(CC(C)(C)O)c1nccc(C#N)c1[N+](=O)[O-]. The Hall–Kier alpha value is -2.20. The molecule has 0 saturated carbocycles. The van der Waals surface area contributed by atoms with Gasteiger partial charge in [-0.3, -0.25) is 10.1 Å². The number of hydrogen-bond donors (Lipinski definition) is 1. The van der Waals surface area contributed by atoms with E-state index in [1.54, 1.807) is 31.7 Å². The van der Waals surface area contributed by atoms with Gasteiger partial charge in [-0.2, -0.15) is 5.26 Å². The van der Waals surface area contributed by atoms with E-state index in [1.165, 1.54) is 12.3 Å². The molecule has 1 N–H and O–H groups in total. The number of aliphatic hydroxyl groups is 1. The summed E-state index contributed by atoms with van der Waals surface area (Å²) in [6, 6.07) is 3.09. The zero-order valence-electron chi connectivity index (χ0n) is 11.1. The second-order valence-electron chi connectivity index (χ2n) is 4.73. The number of pyridine rings is 1. The predicted octanol–water partition coefficient (Wildman–Crippen LogP) is 1.46. The number of nitro groups is 1. The average Bonchev–Trinajstić information content (AvgIpc) is 2.33. The molecule has 0 amide bonds. The van der Waals surface area contributed by atoms with Crippen molar-refractivity contribution in [2.75, 3.05) is 18.0 Å². The van der Waals surface area contributed by atoms with Crippen LogP contribution in [0.2, 0.25) is 0 Å². The molecule has 1 heterocycles. The number of nitriles is 1. The maximum atomic E-state index is 11.1. The van der Waals surface area contributed by atoms with Crippen molar-refractivity contribution in [3.8, 4) is 6.07 Å². The van der Waals surface area contributed by atoms with Gasteiger partial charge in [-0.25, -0.2) is 4.98 Å². The summed E-state index contributed by atoms with van der Waals surface area (Å²) < 4.78 is 0. The number of hydrogen-bond acceptors (Lipinski definition) is 6. The highest BCUT2D eigenvalue weighted by Gasteiger charge is 2.27. The van der Waals surface area contributed by atoms with E-state index in [0.717, 1.165) is 0 Å². The molecule has 0 spiro atoms. The van der Waals surface area contributed by atoms with E-state index in [1.807, 2.05) is 0 Å². The van der Waals surface area contributed by atoms with Crippen molar-refractivity contribution in [2.24, 2.45) is 0 Å². The van der Waals surface area contributed by atoms with Gasteiger partial charge in [0.05, 0.1) is 10.5 Å². The number of anilines is 1. The molecule has 0 aromatic carbocycles. The molecule has 0 atom stereocenters. The first-order valence-corrected chi connectivity index (χ1v) is 5.81. The van der Waals surface area contributed by atoms with Crippen LogP contribution in [0.5, 0.6) is 0 Å². The van der Waals surface area contributed by atoms with Gasteiger partial charge in [0.15, 0.2) is 0 Å². The molecule has 19 heavy (non-hydrogen) atoms. The lowest BCUT2D eigenvalue weighted by Crippen LogP contribution is -2.39. The number of rotatable bonds is 5. The van der Waals surface area contributed by atoms with Gasteiger partial charge in [-0.05, 0) is 26.8 Å². The fourth-order valence-electron chi connectivity index (χ4n) is 1.75. The summed E-state index contributed by atoms with van der Waals surface area (Å²) in [4.78, 5) is 16.1. The van der Waals surface area contributed by atoms with E-state index in [9.17, 15) is 15.2 Å². The Bertz CT molecular complexity index is 517.